The number of nitrogens with zero attached hydrogens (tertiary/aromatic N) is 2. The maximum Gasteiger partial charge on any atom is 0.272 e. The van der Waals surface area contributed by atoms with Gasteiger partial charge < -0.3 is 15.6 Å². The van der Waals surface area contributed by atoms with E-state index in [-0.39, 0.29) is 11.5 Å². The van der Waals surface area contributed by atoms with Gasteiger partial charge in [-0.15, -0.1) is 0 Å². The number of amides is 1. The monoisotopic (exact) mass is 375 g/mol. The van der Waals surface area contributed by atoms with E-state index in [1.165, 1.54) is 0 Å². The second-order valence-corrected chi connectivity index (χ2v) is 6.73. The highest BCUT2D eigenvalue weighted by molar-refractivity contribution is 5.84. The van der Waals surface area contributed by atoms with Gasteiger partial charge in [0.05, 0.1) is 11.1 Å². The molecular weight excluding hydrogens is 354 g/mol. The summed E-state index contributed by atoms with van der Waals surface area (Å²) < 4.78 is 2.06. The SMILES string of the molecule is NC(=O)CCn1cc(CNCc2n[nH]c(=O)c3ccccc23)c2ccccc21. The van der Waals surface area contributed by atoms with E-state index < -0.39 is 0 Å². The number of hydrogen-bond donors (Lipinski definition) is 3. The van der Waals surface area contributed by atoms with E-state index in [1.54, 1.807) is 6.07 Å². The van der Waals surface area contributed by atoms with Crippen LogP contribution in [-0.4, -0.2) is 20.7 Å². The van der Waals surface area contributed by atoms with E-state index in [2.05, 4.69) is 32.3 Å². The van der Waals surface area contributed by atoms with Gasteiger partial charge in [0.2, 0.25) is 5.91 Å². The number of rotatable bonds is 7. The molecule has 0 bridgehead atoms. The molecule has 4 N–H and O–H groups in total. The molecular formula is C21H21N5O2. The van der Waals surface area contributed by atoms with Crippen molar-refractivity contribution in [3.05, 3.63) is 76.3 Å². The Bertz CT molecular complexity index is 1210. The summed E-state index contributed by atoms with van der Waals surface area (Å²) in [4.78, 5) is 23.1. The van der Waals surface area contributed by atoms with Crippen LogP contribution in [0.2, 0.25) is 0 Å². The van der Waals surface area contributed by atoms with Crippen LogP contribution in [0.15, 0.2) is 59.5 Å². The fourth-order valence-electron chi connectivity index (χ4n) is 3.50. The van der Waals surface area contributed by atoms with Crippen molar-refractivity contribution in [3.63, 3.8) is 0 Å². The molecule has 0 saturated heterocycles. The van der Waals surface area contributed by atoms with Crippen molar-refractivity contribution in [2.75, 3.05) is 0 Å². The van der Waals surface area contributed by atoms with Crippen LogP contribution in [0.3, 0.4) is 0 Å². The number of H-pyrrole nitrogens is 1. The van der Waals surface area contributed by atoms with Crippen molar-refractivity contribution in [1.82, 2.24) is 20.1 Å². The molecule has 0 aliphatic rings. The predicted octanol–water partition coefficient (Wildman–Crippen LogP) is 2.04. The number of aromatic nitrogens is 3. The average Bonchev–Trinajstić information content (AvgIpc) is 3.06. The fraction of sp³-hybridized carbons (Fsp3) is 0.190. The summed E-state index contributed by atoms with van der Waals surface area (Å²) in [5, 5.41) is 12.8. The van der Waals surface area contributed by atoms with Crippen molar-refractivity contribution < 1.29 is 4.79 Å². The molecule has 2 aromatic carbocycles. The van der Waals surface area contributed by atoms with Gasteiger partial charge >= 0.3 is 0 Å². The number of benzene rings is 2. The molecule has 0 saturated carbocycles. The minimum Gasteiger partial charge on any atom is -0.370 e. The van der Waals surface area contributed by atoms with Gasteiger partial charge in [0.15, 0.2) is 0 Å². The molecule has 2 heterocycles. The maximum absolute atomic E-state index is 11.9. The Hall–Kier alpha value is -3.45. The molecule has 0 radical (unpaired) electrons. The zero-order valence-corrected chi connectivity index (χ0v) is 15.3. The van der Waals surface area contributed by atoms with Gasteiger partial charge in [-0.1, -0.05) is 36.4 Å². The Kier molecular flexibility index (Phi) is 4.90. The zero-order valence-electron chi connectivity index (χ0n) is 15.3. The van der Waals surface area contributed by atoms with E-state index >= 15 is 0 Å². The largest absolute Gasteiger partial charge is 0.370 e. The normalized spacial score (nSPS) is 11.3. The minimum atomic E-state index is -0.312. The number of carbonyl (C=O) groups excluding carboxylic acids is 1. The summed E-state index contributed by atoms with van der Waals surface area (Å²) in [5.74, 6) is -0.312. The molecule has 0 atom stereocenters. The topological polar surface area (TPSA) is 106 Å². The summed E-state index contributed by atoms with van der Waals surface area (Å²) in [7, 11) is 0. The molecule has 4 rings (SSSR count). The number of fused-ring (bicyclic) bond motifs is 2. The molecule has 2 aromatic heterocycles. The number of aryl methyl sites for hydroxylation is 1. The zero-order chi connectivity index (χ0) is 19.5. The first-order valence-electron chi connectivity index (χ1n) is 9.15. The highest BCUT2D eigenvalue weighted by atomic mass is 16.1. The lowest BCUT2D eigenvalue weighted by molar-refractivity contribution is -0.118. The standard InChI is InChI=1S/C21H21N5O2/c22-20(27)9-10-26-13-14(15-5-3-4-8-19(15)26)11-23-12-18-16-6-1-2-7-17(16)21(28)25-24-18/h1-8,13,23H,9-12H2,(H2,22,27)(H,25,28). The van der Waals surface area contributed by atoms with Gasteiger partial charge in [-0.3, -0.25) is 9.59 Å². The number of carbonyl (C=O) groups is 1. The van der Waals surface area contributed by atoms with Crippen LogP contribution < -0.4 is 16.6 Å². The van der Waals surface area contributed by atoms with Gasteiger partial charge in [0.25, 0.3) is 5.56 Å². The first-order valence-corrected chi connectivity index (χ1v) is 9.15. The van der Waals surface area contributed by atoms with Crippen molar-refractivity contribution in [2.24, 2.45) is 5.73 Å². The number of aromatic amines is 1. The van der Waals surface area contributed by atoms with Crippen LogP contribution in [0.4, 0.5) is 0 Å². The molecule has 142 valence electrons. The summed E-state index contributed by atoms with van der Waals surface area (Å²) in [6, 6.07) is 15.5. The first-order chi connectivity index (χ1) is 13.6. The molecule has 0 unspecified atom stereocenters. The van der Waals surface area contributed by atoms with Crippen LogP contribution in [0.5, 0.6) is 0 Å². The van der Waals surface area contributed by atoms with Gasteiger partial charge in [-0.2, -0.15) is 5.10 Å². The molecule has 0 spiro atoms. The molecule has 7 heteroatoms. The summed E-state index contributed by atoms with van der Waals surface area (Å²) >= 11 is 0. The van der Waals surface area contributed by atoms with Crippen LogP contribution in [0, 0.1) is 0 Å². The number of hydrogen-bond acceptors (Lipinski definition) is 4. The molecule has 1 amide bonds. The Balaban J connectivity index is 1.54. The van der Waals surface area contributed by atoms with Crippen molar-refractivity contribution in [3.8, 4) is 0 Å². The minimum absolute atomic E-state index is 0.183. The van der Waals surface area contributed by atoms with Crippen molar-refractivity contribution >= 4 is 27.6 Å². The Labute approximate surface area is 161 Å². The third kappa shape index (κ3) is 3.52. The van der Waals surface area contributed by atoms with Crippen molar-refractivity contribution in [2.45, 2.75) is 26.1 Å². The van der Waals surface area contributed by atoms with E-state index in [1.807, 2.05) is 36.4 Å². The second kappa shape index (κ2) is 7.66. The van der Waals surface area contributed by atoms with Crippen LogP contribution in [-0.2, 0) is 24.4 Å². The number of nitrogens with one attached hydrogen (secondary N) is 2. The Morgan fingerprint density at radius 2 is 1.75 bits per heavy atom. The van der Waals surface area contributed by atoms with E-state index in [0.717, 1.165) is 27.5 Å². The molecule has 28 heavy (non-hydrogen) atoms. The Morgan fingerprint density at radius 1 is 1.04 bits per heavy atom. The Morgan fingerprint density at radius 3 is 2.54 bits per heavy atom. The summed E-state index contributed by atoms with van der Waals surface area (Å²) in [6.45, 7) is 1.72. The van der Waals surface area contributed by atoms with Gasteiger partial charge in [-0.05, 0) is 17.7 Å². The highest BCUT2D eigenvalue weighted by Crippen LogP contribution is 2.22. The smallest absolute Gasteiger partial charge is 0.272 e. The van der Waals surface area contributed by atoms with Crippen LogP contribution in [0.25, 0.3) is 21.7 Å². The van der Waals surface area contributed by atoms with E-state index in [4.69, 9.17) is 5.73 Å². The van der Waals surface area contributed by atoms with Crippen LogP contribution >= 0.6 is 0 Å². The third-order valence-electron chi connectivity index (χ3n) is 4.85. The lowest BCUT2D eigenvalue weighted by Crippen LogP contribution is -2.17. The number of para-hydroxylation sites is 1. The van der Waals surface area contributed by atoms with E-state index in [9.17, 15) is 9.59 Å². The quantitative estimate of drug-likeness (QED) is 0.460. The second-order valence-electron chi connectivity index (χ2n) is 6.73. The molecule has 7 nitrogen and oxygen atoms in total. The molecule has 4 aromatic rings. The molecule has 0 aliphatic heterocycles. The highest BCUT2D eigenvalue weighted by Gasteiger charge is 2.10. The van der Waals surface area contributed by atoms with E-state index in [0.29, 0.717) is 31.4 Å². The first kappa shape index (κ1) is 17.9. The van der Waals surface area contributed by atoms with Crippen molar-refractivity contribution in [1.29, 1.82) is 0 Å². The summed E-state index contributed by atoms with van der Waals surface area (Å²) in [6.07, 6.45) is 2.36. The third-order valence-corrected chi connectivity index (χ3v) is 4.85. The van der Waals surface area contributed by atoms with Gasteiger partial charge in [-0.25, -0.2) is 5.10 Å². The number of primary amides is 1. The summed E-state index contributed by atoms with van der Waals surface area (Å²) in [5.41, 5.74) is 8.12. The van der Waals surface area contributed by atoms with Gasteiger partial charge in [0, 0.05) is 48.5 Å². The van der Waals surface area contributed by atoms with Gasteiger partial charge in [0.1, 0.15) is 0 Å². The maximum atomic E-state index is 11.9. The van der Waals surface area contributed by atoms with Crippen LogP contribution in [0.1, 0.15) is 17.7 Å². The predicted molar refractivity (Wildman–Crippen MR) is 109 cm³/mol. The average molecular weight is 375 g/mol. The molecule has 0 aliphatic carbocycles. The lowest BCUT2D eigenvalue weighted by Gasteiger charge is -2.06. The fourth-order valence-corrected chi connectivity index (χ4v) is 3.50. The molecule has 0 fully saturated rings. The number of nitrogens with two attached hydrogens (primary N) is 1. The lowest BCUT2D eigenvalue weighted by atomic mass is 10.1.